The summed E-state index contributed by atoms with van der Waals surface area (Å²) in [6.45, 7) is 4.05. The summed E-state index contributed by atoms with van der Waals surface area (Å²) in [5.74, 6) is -0.140. The van der Waals surface area contributed by atoms with E-state index in [1.54, 1.807) is 24.3 Å². The number of rotatable bonds is 5. The first-order valence-corrected chi connectivity index (χ1v) is 8.58. The summed E-state index contributed by atoms with van der Waals surface area (Å²) >= 11 is 0. The van der Waals surface area contributed by atoms with Crippen LogP contribution in [0.1, 0.15) is 25.3 Å². The maximum absolute atomic E-state index is 12.3. The minimum atomic E-state index is -0.386. The standard InChI is InChI=1S/C20H22N4O/c1-15(20(25)23-18-6-4-5-16(13-18)14-21)22-17-7-9-19(10-8-17)24-11-2-3-12-24/h4-10,13,15,22H,2-3,11-12H2,1H3,(H,23,25)/t15-/m1/s1. The van der Waals surface area contributed by atoms with E-state index in [0.29, 0.717) is 11.3 Å². The van der Waals surface area contributed by atoms with Gasteiger partial charge in [-0.15, -0.1) is 0 Å². The molecular formula is C20H22N4O. The first kappa shape index (κ1) is 16.8. The summed E-state index contributed by atoms with van der Waals surface area (Å²) in [5, 5.41) is 15.0. The number of hydrogen-bond acceptors (Lipinski definition) is 4. The van der Waals surface area contributed by atoms with Gasteiger partial charge in [-0.05, 0) is 62.2 Å². The zero-order chi connectivity index (χ0) is 17.6. The Kier molecular flexibility index (Phi) is 5.20. The first-order chi connectivity index (χ1) is 12.2. The second-order valence-corrected chi connectivity index (χ2v) is 6.29. The molecule has 1 fully saturated rings. The van der Waals surface area contributed by atoms with E-state index in [9.17, 15) is 4.79 Å². The summed E-state index contributed by atoms with van der Waals surface area (Å²) in [5.41, 5.74) is 3.29. The molecule has 0 aromatic heterocycles. The van der Waals surface area contributed by atoms with Crippen LogP contribution in [0, 0.1) is 11.3 Å². The highest BCUT2D eigenvalue weighted by atomic mass is 16.2. The van der Waals surface area contributed by atoms with Crippen LogP contribution in [0.2, 0.25) is 0 Å². The lowest BCUT2D eigenvalue weighted by Crippen LogP contribution is -2.31. The van der Waals surface area contributed by atoms with Crippen molar-refractivity contribution in [1.82, 2.24) is 0 Å². The molecule has 1 aliphatic heterocycles. The Hall–Kier alpha value is -3.00. The van der Waals surface area contributed by atoms with Crippen LogP contribution in [-0.2, 0) is 4.79 Å². The Labute approximate surface area is 148 Å². The Morgan fingerprint density at radius 1 is 1.12 bits per heavy atom. The summed E-state index contributed by atoms with van der Waals surface area (Å²) in [6, 6.07) is 16.8. The van der Waals surface area contributed by atoms with E-state index < -0.39 is 0 Å². The molecule has 0 radical (unpaired) electrons. The number of amides is 1. The predicted molar refractivity (Wildman–Crippen MR) is 101 cm³/mol. The highest BCUT2D eigenvalue weighted by Gasteiger charge is 2.14. The van der Waals surface area contributed by atoms with Crippen molar-refractivity contribution >= 4 is 23.0 Å². The summed E-state index contributed by atoms with van der Waals surface area (Å²) in [6.07, 6.45) is 2.51. The van der Waals surface area contributed by atoms with E-state index in [-0.39, 0.29) is 11.9 Å². The largest absolute Gasteiger partial charge is 0.374 e. The molecule has 1 saturated heterocycles. The van der Waals surface area contributed by atoms with E-state index in [2.05, 4.69) is 33.7 Å². The average molecular weight is 334 g/mol. The maximum atomic E-state index is 12.3. The summed E-state index contributed by atoms with van der Waals surface area (Å²) in [7, 11) is 0. The van der Waals surface area contributed by atoms with Crippen LogP contribution in [0.25, 0.3) is 0 Å². The number of nitrogens with one attached hydrogen (secondary N) is 2. The molecule has 0 spiro atoms. The van der Waals surface area contributed by atoms with E-state index in [0.717, 1.165) is 18.8 Å². The van der Waals surface area contributed by atoms with Gasteiger partial charge in [0, 0.05) is 30.2 Å². The van der Waals surface area contributed by atoms with E-state index >= 15 is 0 Å². The third-order valence-corrected chi connectivity index (χ3v) is 4.37. The smallest absolute Gasteiger partial charge is 0.246 e. The number of benzene rings is 2. The van der Waals surface area contributed by atoms with Gasteiger partial charge in [-0.2, -0.15) is 5.26 Å². The molecule has 2 aromatic carbocycles. The molecule has 1 heterocycles. The first-order valence-electron chi connectivity index (χ1n) is 8.58. The lowest BCUT2D eigenvalue weighted by Gasteiger charge is -2.19. The molecule has 5 heteroatoms. The number of nitriles is 1. The van der Waals surface area contributed by atoms with Crippen molar-refractivity contribution in [3.05, 3.63) is 54.1 Å². The second-order valence-electron chi connectivity index (χ2n) is 6.29. The SMILES string of the molecule is C[C@@H](Nc1ccc(N2CCCC2)cc1)C(=O)Nc1cccc(C#N)c1. The molecule has 2 aromatic rings. The minimum Gasteiger partial charge on any atom is -0.374 e. The molecule has 5 nitrogen and oxygen atoms in total. The molecule has 3 rings (SSSR count). The molecule has 0 aliphatic carbocycles. The molecule has 0 unspecified atom stereocenters. The number of carbonyl (C=O) groups excluding carboxylic acids is 1. The van der Waals surface area contributed by atoms with E-state index in [4.69, 9.17) is 5.26 Å². The van der Waals surface area contributed by atoms with Gasteiger partial charge >= 0.3 is 0 Å². The predicted octanol–water partition coefficient (Wildman–Crippen LogP) is 3.60. The van der Waals surface area contributed by atoms with Gasteiger partial charge in [0.05, 0.1) is 11.6 Å². The number of nitrogens with zero attached hydrogens (tertiary/aromatic N) is 2. The van der Waals surface area contributed by atoms with Crippen molar-refractivity contribution in [2.75, 3.05) is 28.6 Å². The van der Waals surface area contributed by atoms with Gasteiger partial charge in [-0.3, -0.25) is 4.79 Å². The molecule has 128 valence electrons. The van der Waals surface area contributed by atoms with Gasteiger partial charge in [-0.25, -0.2) is 0 Å². The number of hydrogen-bond donors (Lipinski definition) is 2. The van der Waals surface area contributed by atoms with Gasteiger partial charge < -0.3 is 15.5 Å². The second kappa shape index (κ2) is 7.71. The molecular weight excluding hydrogens is 312 g/mol. The van der Waals surface area contributed by atoms with Crippen LogP contribution in [0.4, 0.5) is 17.1 Å². The van der Waals surface area contributed by atoms with Crippen molar-refractivity contribution in [2.24, 2.45) is 0 Å². The monoisotopic (exact) mass is 334 g/mol. The lowest BCUT2D eigenvalue weighted by atomic mass is 10.2. The van der Waals surface area contributed by atoms with Crippen molar-refractivity contribution in [3.8, 4) is 6.07 Å². The van der Waals surface area contributed by atoms with E-state index in [1.807, 2.05) is 19.1 Å². The minimum absolute atomic E-state index is 0.140. The highest BCUT2D eigenvalue weighted by molar-refractivity contribution is 5.96. The Balaban J connectivity index is 1.58. The fourth-order valence-corrected chi connectivity index (χ4v) is 2.98. The summed E-state index contributed by atoms with van der Waals surface area (Å²) < 4.78 is 0. The Morgan fingerprint density at radius 2 is 1.84 bits per heavy atom. The van der Waals surface area contributed by atoms with Crippen LogP contribution in [0.5, 0.6) is 0 Å². The molecule has 25 heavy (non-hydrogen) atoms. The normalized spacial score (nSPS) is 14.6. The van der Waals surface area contributed by atoms with Crippen molar-refractivity contribution in [1.29, 1.82) is 5.26 Å². The van der Waals surface area contributed by atoms with E-state index in [1.165, 1.54) is 18.5 Å². The third kappa shape index (κ3) is 4.30. The molecule has 0 saturated carbocycles. The third-order valence-electron chi connectivity index (χ3n) is 4.37. The van der Waals surface area contributed by atoms with Crippen LogP contribution < -0.4 is 15.5 Å². The van der Waals surface area contributed by atoms with Gasteiger partial charge in [0.25, 0.3) is 0 Å². The molecule has 1 amide bonds. The van der Waals surface area contributed by atoms with Crippen LogP contribution in [0.3, 0.4) is 0 Å². The fraction of sp³-hybridized carbons (Fsp3) is 0.300. The topological polar surface area (TPSA) is 68.2 Å². The molecule has 1 aliphatic rings. The van der Waals surface area contributed by atoms with Crippen LogP contribution in [-0.4, -0.2) is 25.0 Å². The molecule has 2 N–H and O–H groups in total. The lowest BCUT2D eigenvalue weighted by molar-refractivity contribution is -0.116. The molecule has 1 atom stereocenters. The Bertz CT molecular complexity index is 773. The van der Waals surface area contributed by atoms with Gasteiger partial charge in [-0.1, -0.05) is 6.07 Å². The quantitative estimate of drug-likeness (QED) is 0.877. The Morgan fingerprint density at radius 3 is 2.52 bits per heavy atom. The summed E-state index contributed by atoms with van der Waals surface area (Å²) in [4.78, 5) is 14.7. The molecule has 0 bridgehead atoms. The fourth-order valence-electron chi connectivity index (χ4n) is 2.98. The number of carbonyl (C=O) groups is 1. The number of anilines is 3. The van der Waals surface area contributed by atoms with Gasteiger partial charge in [0.15, 0.2) is 0 Å². The van der Waals surface area contributed by atoms with Crippen molar-refractivity contribution in [2.45, 2.75) is 25.8 Å². The van der Waals surface area contributed by atoms with Gasteiger partial charge in [0.2, 0.25) is 5.91 Å². The van der Waals surface area contributed by atoms with Crippen molar-refractivity contribution in [3.63, 3.8) is 0 Å². The van der Waals surface area contributed by atoms with Gasteiger partial charge in [0.1, 0.15) is 6.04 Å². The zero-order valence-electron chi connectivity index (χ0n) is 14.3. The maximum Gasteiger partial charge on any atom is 0.246 e. The van der Waals surface area contributed by atoms with Crippen molar-refractivity contribution < 1.29 is 4.79 Å². The van der Waals surface area contributed by atoms with Crippen LogP contribution in [0.15, 0.2) is 48.5 Å². The average Bonchev–Trinajstić information content (AvgIpc) is 3.17. The zero-order valence-corrected chi connectivity index (χ0v) is 14.3. The highest BCUT2D eigenvalue weighted by Crippen LogP contribution is 2.22. The van der Waals surface area contributed by atoms with Crippen LogP contribution >= 0.6 is 0 Å².